The van der Waals surface area contributed by atoms with Crippen LogP contribution in [0.15, 0.2) is 79.9 Å². The van der Waals surface area contributed by atoms with Gasteiger partial charge in [-0.3, -0.25) is 0 Å². The number of hydrogen-bond acceptors (Lipinski definition) is 0. The Balaban J connectivity index is 1.74. The van der Waals surface area contributed by atoms with Crippen LogP contribution in [-0.2, 0) is 13.1 Å². The Morgan fingerprint density at radius 3 is 1.78 bits per heavy atom. The third kappa shape index (κ3) is 3.72. The van der Waals surface area contributed by atoms with E-state index >= 15 is 0 Å². The Kier molecular flexibility index (Phi) is 4.62. The fourth-order valence-electron chi connectivity index (χ4n) is 2.59. The molecule has 23 heavy (non-hydrogen) atoms. The molecule has 3 aromatic rings. The van der Waals surface area contributed by atoms with Crippen LogP contribution in [-0.4, -0.2) is 0 Å². The molecular formula is C21H22N2+2. The zero-order valence-corrected chi connectivity index (χ0v) is 13.5. The molecule has 0 spiro atoms. The summed E-state index contributed by atoms with van der Waals surface area (Å²) in [5, 5.41) is 0. The summed E-state index contributed by atoms with van der Waals surface area (Å²) >= 11 is 0. The Morgan fingerprint density at radius 1 is 0.783 bits per heavy atom. The molecule has 0 radical (unpaired) electrons. The van der Waals surface area contributed by atoms with E-state index in [0.29, 0.717) is 0 Å². The Morgan fingerprint density at radius 2 is 1.30 bits per heavy atom. The molecule has 1 aromatic carbocycles. The second-order valence-corrected chi connectivity index (χ2v) is 5.62. The van der Waals surface area contributed by atoms with E-state index in [1.807, 2.05) is 6.08 Å². The summed E-state index contributed by atoms with van der Waals surface area (Å²) in [7, 11) is 0. The Hall–Kier alpha value is -2.74. The Labute approximate surface area is 138 Å². The number of aryl methyl sites for hydroxylation is 1. The average molecular weight is 302 g/mol. The number of rotatable bonds is 5. The molecule has 0 aliphatic carbocycles. The standard InChI is InChI=1S/C21H22N2/c1-3-18-5-7-19(8-6-18)17-23-15-11-21(12-16-23)20-9-13-22(4-2)14-10-20/h3,5-16H,1,4,17H2,2H3/q+2. The zero-order chi connectivity index (χ0) is 16.1. The molecule has 0 atom stereocenters. The summed E-state index contributed by atoms with van der Waals surface area (Å²) in [5.41, 5.74) is 4.93. The van der Waals surface area contributed by atoms with E-state index in [2.05, 4.69) is 96.0 Å². The minimum atomic E-state index is 0.877. The molecule has 0 saturated carbocycles. The normalized spacial score (nSPS) is 10.5. The van der Waals surface area contributed by atoms with Crippen molar-refractivity contribution in [2.24, 2.45) is 0 Å². The maximum atomic E-state index is 3.79. The largest absolute Gasteiger partial charge is 0.205 e. The maximum Gasteiger partial charge on any atom is 0.173 e. The van der Waals surface area contributed by atoms with Gasteiger partial charge in [-0.2, -0.15) is 0 Å². The van der Waals surface area contributed by atoms with Crippen molar-refractivity contribution in [2.45, 2.75) is 20.0 Å². The van der Waals surface area contributed by atoms with Gasteiger partial charge >= 0.3 is 0 Å². The second kappa shape index (κ2) is 7.01. The molecule has 2 heteroatoms. The van der Waals surface area contributed by atoms with E-state index in [1.165, 1.54) is 16.7 Å². The summed E-state index contributed by atoms with van der Waals surface area (Å²) in [6, 6.07) is 17.2. The first kappa shape index (κ1) is 15.2. The molecule has 0 unspecified atom stereocenters. The van der Waals surface area contributed by atoms with Crippen molar-refractivity contribution in [1.29, 1.82) is 0 Å². The van der Waals surface area contributed by atoms with Crippen molar-refractivity contribution in [2.75, 3.05) is 0 Å². The minimum Gasteiger partial charge on any atom is -0.205 e. The number of pyridine rings is 2. The molecule has 114 valence electrons. The van der Waals surface area contributed by atoms with Crippen molar-refractivity contribution < 1.29 is 9.13 Å². The van der Waals surface area contributed by atoms with Crippen LogP contribution >= 0.6 is 0 Å². The first-order chi connectivity index (χ1) is 11.3. The summed E-state index contributed by atoms with van der Waals surface area (Å²) < 4.78 is 4.36. The molecule has 2 aromatic heterocycles. The number of hydrogen-bond donors (Lipinski definition) is 0. The highest BCUT2D eigenvalue weighted by atomic mass is 14.9. The van der Waals surface area contributed by atoms with Gasteiger partial charge in [-0.25, -0.2) is 9.13 Å². The number of nitrogens with zero attached hydrogens (tertiary/aromatic N) is 2. The third-order valence-electron chi connectivity index (χ3n) is 4.06. The summed E-state index contributed by atoms with van der Waals surface area (Å²) in [5.74, 6) is 0. The Bertz CT molecular complexity index is 770. The van der Waals surface area contributed by atoms with E-state index in [-0.39, 0.29) is 0 Å². The molecule has 2 nitrogen and oxygen atoms in total. The van der Waals surface area contributed by atoms with Gasteiger partial charge in [0.15, 0.2) is 31.3 Å². The van der Waals surface area contributed by atoms with Gasteiger partial charge in [-0.1, -0.05) is 36.9 Å². The van der Waals surface area contributed by atoms with Crippen LogP contribution in [0.4, 0.5) is 0 Å². The van der Waals surface area contributed by atoms with Gasteiger partial charge in [-0.05, 0) is 23.6 Å². The lowest BCUT2D eigenvalue weighted by Gasteiger charge is -2.02. The molecule has 0 N–H and O–H groups in total. The molecule has 0 aliphatic heterocycles. The predicted molar refractivity (Wildman–Crippen MR) is 93.6 cm³/mol. The molecule has 0 amide bonds. The molecule has 3 rings (SSSR count). The van der Waals surface area contributed by atoms with Gasteiger partial charge in [-0.15, -0.1) is 0 Å². The van der Waals surface area contributed by atoms with Crippen LogP contribution in [0.3, 0.4) is 0 Å². The highest BCUT2D eigenvalue weighted by Gasteiger charge is 2.06. The fraction of sp³-hybridized carbons (Fsp3) is 0.143. The summed E-state index contributed by atoms with van der Waals surface area (Å²) in [4.78, 5) is 0. The van der Waals surface area contributed by atoms with Crippen molar-refractivity contribution in [3.63, 3.8) is 0 Å². The van der Waals surface area contributed by atoms with E-state index in [0.717, 1.165) is 18.7 Å². The first-order valence-corrected chi connectivity index (χ1v) is 7.98. The van der Waals surface area contributed by atoms with Gasteiger partial charge in [0.05, 0.1) is 0 Å². The van der Waals surface area contributed by atoms with E-state index in [4.69, 9.17) is 0 Å². The third-order valence-corrected chi connectivity index (χ3v) is 4.06. The monoisotopic (exact) mass is 302 g/mol. The lowest BCUT2D eigenvalue weighted by atomic mass is 10.1. The van der Waals surface area contributed by atoms with Crippen molar-refractivity contribution >= 4 is 6.08 Å². The van der Waals surface area contributed by atoms with E-state index in [1.54, 1.807) is 0 Å². The smallest absolute Gasteiger partial charge is 0.173 e. The maximum absolute atomic E-state index is 3.79. The molecule has 0 aliphatic rings. The highest BCUT2D eigenvalue weighted by Crippen LogP contribution is 2.15. The molecule has 0 bridgehead atoms. The van der Waals surface area contributed by atoms with E-state index in [9.17, 15) is 0 Å². The van der Waals surface area contributed by atoms with Crippen molar-refractivity contribution in [3.05, 3.63) is 91.0 Å². The van der Waals surface area contributed by atoms with E-state index < -0.39 is 0 Å². The van der Waals surface area contributed by atoms with Crippen LogP contribution in [0.1, 0.15) is 18.1 Å². The molecule has 0 saturated heterocycles. The molecule has 0 fully saturated rings. The fourth-order valence-corrected chi connectivity index (χ4v) is 2.59. The highest BCUT2D eigenvalue weighted by molar-refractivity contribution is 5.60. The summed E-state index contributed by atoms with van der Waals surface area (Å²) in [6.07, 6.45) is 10.4. The van der Waals surface area contributed by atoms with Crippen LogP contribution in [0.25, 0.3) is 17.2 Å². The average Bonchev–Trinajstić information content (AvgIpc) is 2.63. The van der Waals surface area contributed by atoms with Gasteiger partial charge in [0.1, 0.15) is 6.54 Å². The molecule has 2 heterocycles. The van der Waals surface area contributed by atoms with Crippen molar-refractivity contribution in [3.8, 4) is 11.1 Å². The van der Waals surface area contributed by atoms with Crippen LogP contribution in [0.2, 0.25) is 0 Å². The number of benzene rings is 1. The molecular weight excluding hydrogens is 280 g/mol. The van der Waals surface area contributed by atoms with Crippen LogP contribution in [0.5, 0.6) is 0 Å². The lowest BCUT2D eigenvalue weighted by Crippen LogP contribution is -2.33. The quantitative estimate of drug-likeness (QED) is 0.636. The summed E-state index contributed by atoms with van der Waals surface area (Å²) in [6.45, 7) is 7.81. The second-order valence-electron chi connectivity index (χ2n) is 5.62. The van der Waals surface area contributed by atoms with Crippen LogP contribution < -0.4 is 9.13 Å². The van der Waals surface area contributed by atoms with Crippen LogP contribution in [0, 0.1) is 0 Å². The number of aromatic nitrogens is 2. The van der Waals surface area contributed by atoms with Gasteiger partial charge in [0.25, 0.3) is 0 Å². The van der Waals surface area contributed by atoms with Crippen molar-refractivity contribution in [1.82, 2.24) is 0 Å². The topological polar surface area (TPSA) is 7.76 Å². The zero-order valence-electron chi connectivity index (χ0n) is 13.5. The predicted octanol–water partition coefficient (Wildman–Crippen LogP) is 3.64. The first-order valence-electron chi connectivity index (χ1n) is 7.98. The minimum absolute atomic E-state index is 0.877. The van der Waals surface area contributed by atoms with Gasteiger partial charge in [0, 0.05) is 29.8 Å². The SMILES string of the molecule is C=Cc1ccc(C[n+]2ccc(-c3cc[n+](CC)cc3)cc2)cc1. The van der Waals surface area contributed by atoms with Gasteiger partial charge in [0.2, 0.25) is 0 Å². The van der Waals surface area contributed by atoms with Gasteiger partial charge < -0.3 is 0 Å². The lowest BCUT2D eigenvalue weighted by molar-refractivity contribution is -0.693.